The molecule has 1 amide bonds. The summed E-state index contributed by atoms with van der Waals surface area (Å²) in [6.07, 6.45) is 65.6. The van der Waals surface area contributed by atoms with Crippen LogP contribution in [-0.4, -0.2) is 12.5 Å². The first-order chi connectivity index (χ1) is 25.8. The molecule has 0 unspecified atom stereocenters. The number of unbranched alkanes of at least 4 members (excludes halogenated alkanes) is 40. The highest BCUT2D eigenvalue weighted by atomic mass is 16.1. The van der Waals surface area contributed by atoms with Gasteiger partial charge >= 0.3 is 0 Å². The molecule has 2 heteroatoms. The minimum Gasteiger partial charge on any atom is -0.356 e. The Kier molecular flexibility index (Phi) is 47.5. The Morgan fingerprint density at radius 2 is 0.538 bits per heavy atom. The SMILES string of the molecule is CCCCCCCC/C=C\CCCCCCCCCCCCCC(=O)NCCCCCCCCCCCCCCCCCCCCCCCCCC. The second-order valence-corrected chi connectivity index (χ2v) is 16.9. The Morgan fingerprint density at radius 1 is 0.308 bits per heavy atom. The van der Waals surface area contributed by atoms with E-state index in [2.05, 4.69) is 31.3 Å². The highest BCUT2D eigenvalue weighted by Crippen LogP contribution is 2.17. The third kappa shape index (κ3) is 47.2. The van der Waals surface area contributed by atoms with E-state index in [1.54, 1.807) is 0 Å². The smallest absolute Gasteiger partial charge is 0.219 e. The number of amides is 1. The molecule has 310 valence electrons. The van der Waals surface area contributed by atoms with Crippen LogP contribution in [-0.2, 0) is 4.79 Å². The molecule has 0 saturated heterocycles. The summed E-state index contributed by atoms with van der Waals surface area (Å²) < 4.78 is 0. The second-order valence-electron chi connectivity index (χ2n) is 16.9. The predicted octanol–water partition coefficient (Wildman–Crippen LogP) is 17.9. The van der Waals surface area contributed by atoms with Gasteiger partial charge in [0.05, 0.1) is 0 Å². The van der Waals surface area contributed by atoms with Crippen molar-refractivity contribution in [3.63, 3.8) is 0 Å². The zero-order valence-corrected chi connectivity index (χ0v) is 36.4. The van der Waals surface area contributed by atoms with Gasteiger partial charge in [-0.25, -0.2) is 0 Å². The number of carbonyl (C=O) groups excluding carboxylic acids is 1. The van der Waals surface area contributed by atoms with Crippen LogP contribution < -0.4 is 5.32 Å². The monoisotopic (exact) mass is 730 g/mol. The van der Waals surface area contributed by atoms with E-state index in [1.807, 2.05) is 0 Å². The van der Waals surface area contributed by atoms with Crippen molar-refractivity contribution < 1.29 is 4.79 Å². The fraction of sp³-hybridized carbons (Fsp3) is 0.940. The van der Waals surface area contributed by atoms with E-state index >= 15 is 0 Å². The Hall–Kier alpha value is -0.790. The van der Waals surface area contributed by atoms with Crippen molar-refractivity contribution in [3.05, 3.63) is 12.2 Å². The summed E-state index contributed by atoms with van der Waals surface area (Å²) in [5, 5.41) is 3.17. The zero-order chi connectivity index (χ0) is 37.5. The molecule has 0 aliphatic rings. The second kappa shape index (κ2) is 48.2. The van der Waals surface area contributed by atoms with Crippen LogP contribution in [0, 0.1) is 0 Å². The molecule has 0 heterocycles. The lowest BCUT2D eigenvalue weighted by Crippen LogP contribution is -2.23. The van der Waals surface area contributed by atoms with E-state index in [9.17, 15) is 4.79 Å². The minimum absolute atomic E-state index is 0.280. The maximum absolute atomic E-state index is 12.2. The number of hydrogen-bond acceptors (Lipinski definition) is 1. The number of allylic oxidation sites excluding steroid dienone is 2. The predicted molar refractivity (Wildman–Crippen MR) is 237 cm³/mol. The molecular formula is C50H99NO. The summed E-state index contributed by atoms with van der Waals surface area (Å²) in [6.45, 7) is 5.48. The molecule has 0 aliphatic carbocycles. The summed E-state index contributed by atoms with van der Waals surface area (Å²) in [7, 11) is 0. The fourth-order valence-electron chi connectivity index (χ4n) is 7.82. The molecule has 0 bridgehead atoms. The molecule has 0 aromatic rings. The van der Waals surface area contributed by atoms with Gasteiger partial charge in [0.2, 0.25) is 5.91 Å². The lowest BCUT2D eigenvalue weighted by atomic mass is 10.0. The molecule has 0 aromatic heterocycles. The number of nitrogens with one attached hydrogen (secondary N) is 1. The normalized spacial score (nSPS) is 11.7. The highest BCUT2D eigenvalue weighted by molar-refractivity contribution is 5.75. The van der Waals surface area contributed by atoms with Gasteiger partial charge in [-0.05, 0) is 38.5 Å². The van der Waals surface area contributed by atoms with Crippen LogP contribution in [0.3, 0.4) is 0 Å². The molecule has 0 fully saturated rings. The minimum atomic E-state index is 0.280. The van der Waals surface area contributed by atoms with E-state index in [-0.39, 0.29) is 5.91 Å². The number of hydrogen-bond donors (Lipinski definition) is 1. The highest BCUT2D eigenvalue weighted by Gasteiger charge is 2.01. The van der Waals surface area contributed by atoms with Crippen LogP contribution in [0.15, 0.2) is 12.2 Å². The topological polar surface area (TPSA) is 29.1 Å². The van der Waals surface area contributed by atoms with Gasteiger partial charge in [0, 0.05) is 13.0 Å². The average Bonchev–Trinajstić information content (AvgIpc) is 3.15. The average molecular weight is 730 g/mol. The summed E-state index contributed by atoms with van der Waals surface area (Å²) in [5.41, 5.74) is 0. The molecule has 0 aliphatic heterocycles. The van der Waals surface area contributed by atoms with Gasteiger partial charge in [0.1, 0.15) is 0 Å². The van der Waals surface area contributed by atoms with Crippen molar-refractivity contribution in [2.45, 2.75) is 296 Å². The van der Waals surface area contributed by atoms with Crippen LogP contribution >= 0.6 is 0 Å². The van der Waals surface area contributed by atoms with Crippen molar-refractivity contribution in [3.8, 4) is 0 Å². The number of carbonyl (C=O) groups is 1. The van der Waals surface area contributed by atoms with Gasteiger partial charge in [-0.2, -0.15) is 0 Å². The van der Waals surface area contributed by atoms with Gasteiger partial charge in [-0.1, -0.05) is 264 Å². The van der Waals surface area contributed by atoms with E-state index in [0.717, 1.165) is 25.8 Å². The Labute approximate surface area is 330 Å². The Morgan fingerprint density at radius 3 is 0.827 bits per heavy atom. The van der Waals surface area contributed by atoms with Crippen LogP contribution in [0.1, 0.15) is 296 Å². The molecule has 0 radical (unpaired) electrons. The molecule has 0 aromatic carbocycles. The zero-order valence-electron chi connectivity index (χ0n) is 36.4. The van der Waals surface area contributed by atoms with Crippen molar-refractivity contribution in [1.29, 1.82) is 0 Å². The van der Waals surface area contributed by atoms with E-state index in [4.69, 9.17) is 0 Å². The van der Waals surface area contributed by atoms with Crippen LogP contribution in [0.25, 0.3) is 0 Å². The molecule has 0 atom stereocenters. The largest absolute Gasteiger partial charge is 0.356 e. The molecule has 0 saturated carbocycles. The van der Waals surface area contributed by atoms with E-state index < -0.39 is 0 Å². The third-order valence-corrected chi connectivity index (χ3v) is 11.5. The van der Waals surface area contributed by atoms with Gasteiger partial charge < -0.3 is 5.32 Å². The van der Waals surface area contributed by atoms with E-state index in [1.165, 1.54) is 263 Å². The summed E-state index contributed by atoms with van der Waals surface area (Å²) in [4.78, 5) is 12.2. The van der Waals surface area contributed by atoms with Crippen LogP contribution in [0.5, 0.6) is 0 Å². The third-order valence-electron chi connectivity index (χ3n) is 11.5. The molecule has 0 spiro atoms. The summed E-state index contributed by atoms with van der Waals surface area (Å²) in [5.74, 6) is 0.280. The lowest BCUT2D eigenvalue weighted by Gasteiger charge is -2.06. The summed E-state index contributed by atoms with van der Waals surface area (Å²) in [6, 6.07) is 0. The van der Waals surface area contributed by atoms with Gasteiger partial charge in [-0.3, -0.25) is 4.79 Å². The fourth-order valence-corrected chi connectivity index (χ4v) is 7.82. The number of rotatable bonds is 46. The standard InChI is InChI=1S/C50H99NO/c1-3-5-7-9-11-13-15-17-19-21-23-25-26-27-29-31-33-35-37-39-41-43-45-47-49-51-50(52)48-46-44-42-40-38-36-34-32-30-28-24-22-20-18-16-14-12-10-8-6-4-2/h18,20H,3-17,19,21-49H2,1-2H3,(H,51,52)/b20-18-. The molecule has 0 rings (SSSR count). The quantitative estimate of drug-likeness (QED) is 0.0490. The summed E-state index contributed by atoms with van der Waals surface area (Å²) >= 11 is 0. The first-order valence-corrected chi connectivity index (χ1v) is 24.7. The molecule has 1 N–H and O–H groups in total. The molecule has 2 nitrogen and oxygen atoms in total. The van der Waals surface area contributed by atoms with Gasteiger partial charge in [0.15, 0.2) is 0 Å². The molecule has 52 heavy (non-hydrogen) atoms. The Bertz CT molecular complexity index is 671. The van der Waals surface area contributed by atoms with Crippen molar-refractivity contribution in [1.82, 2.24) is 5.32 Å². The van der Waals surface area contributed by atoms with Gasteiger partial charge in [-0.15, -0.1) is 0 Å². The first-order valence-electron chi connectivity index (χ1n) is 24.7. The van der Waals surface area contributed by atoms with Crippen molar-refractivity contribution >= 4 is 5.91 Å². The van der Waals surface area contributed by atoms with E-state index in [0.29, 0.717) is 0 Å². The maximum atomic E-state index is 12.2. The lowest BCUT2D eigenvalue weighted by molar-refractivity contribution is -0.121. The van der Waals surface area contributed by atoms with Crippen molar-refractivity contribution in [2.75, 3.05) is 6.54 Å². The van der Waals surface area contributed by atoms with Gasteiger partial charge in [0.25, 0.3) is 0 Å². The molecular weight excluding hydrogens is 631 g/mol. The van der Waals surface area contributed by atoms with Crippen LogP contribution in [0.2, 0.25) is 0 Å². The Balaban J connectivity index is 3.16. The van der Waals surface area contributed by atoms with Crippen LogP contribution in [0.4, 0.5) is 0 Å². The van der Waals surface area contributed by atoms with Crippen molar-refractivity contribution in [2.24, 2.45) is 0 Å². The maximum Gasteiger partial charge on any atom is 0.219 e. The first kappa shape index (κ1) is 51.2.